The van der Waals surface area contributed by atoms with Gasteiger partial charge in [-0.15, -0.1) is 0 Å². The number of rotatable bonds is 5. The SMILES string of the molecule is N[C@H]([C]=O)CSCCS. The quantitative estimate of drug-likeness (QED) is 0.447. The molecule has 0 aliphatic carbocycles. The van der Waals surface area contributed by atoms with Gasteiger partial charge in [-0.2, -0.15) is 24.4 Å². The van der Waals surface area contributed by atoms with Crippen molar-refractivity contribution in [3.05, 3.63) is 0 Å². The molecule has 0 aromatic rings. The van der Waals surface area contributed by atoms with E-state index in [0.717, 1.165) is 11.5 Å². The highest BCUT2D eigenvalue weighted by atomic mass is 32.2. The fourth-order valence-corrected chi connectivity index (χ4v) is 1.31. The number of hydrogen-bond acceptors (Lipinski definition) is 4. The van der Waals surface area contributed by atoms with Crippen molar-refractivity contribution in [2.24, 2.45) is 5.73 Å². The van der Waals surface area contributed by atoms with E-state index in [-0.39, 0.29) is 0 Å². The van der Waals surface area contributed by atoms with E-state index in [4.69, 9.17) is 5.73 Å². The van der Waals surface area contributed by atoms with Gasteiger partial charge in [0.2, 0.25) is 6.29 Å². The fourth-order valence-electron chi connectivity index (χ4n) is 0.309. The number of thioether (sulfide) groups is 1. The first-order chi connectivity index (χ1) is 4.31. The summed E-state index contributed by atoms with van der Waals surface area (Å²) in [5.41, 5.74) is 5.24. The van der Waals surface area contributed by atoms with Crippen LogP contribution in [0.3, 0.4) is 0 Å². The van der Waals surface area contributed by atoms with Gasteiger partial charge in [-0.25, -0.2) is 0 Å². The Morgan fingerprint density at radius 2 is 2.44 bits per heavy atom. The molecular weight excluding hydrogens is 154 g/mol. The molecule has 9 heavy (non-hydrogen) atoms. The lowest BCUT2D eigenvalue weighted by atomic mass is 10.4. The number of carbonyl (C=O) groups excluding carboxylic acids is 1. The average molecular weight is 164 g/mol. The van der Waals surface area contributed by atoms with Crippen molar-refractivity contribution in [1.29, 1.82) is 0 Å². The van der Waals surface area contributed by atoms with Gasteiger partial charge in [0.1, 0.15) is 0 Å². The minimum Gasteiger partial charge on any atom is -0.320 e. The van der Waals surface area contributed by atoms with E-state index in [9.17, 15) is 4.79 Å². The molecule has 0 aliphatic heterocycles. The number of nitrogens with two attached hydrogens (primary N) is 1. The Balaban J connectivity index is 2.96. The van der Waals surface area contributed by atoms with Gasteiger partial charge in [-0.05, 0) is 5.75 Å². The van der Waals surface area contributed by atoms with Crippen LogP contribution < -0.4 is 5.73 Å². The molecule has 2 nitrogen and oxygen atoms in total. The summed E-state index contributed by atoms with van der Waals surface area (Å²) in [5, 5.41) is 0. The summed E-state index contributed by atoms with van der Waals surface area (Å²) in [5.74, 6) is 2.43. The molecule has 0 unspecified atom stereocenters. The minimum atomic E-state index is -0.421. The second-order valence-electron chi connectivity index (χ2n) is 1.52. The average Bonchev–Trinajstić information content (AvgIpc) is 1.89. The summed E-state index contributed by atoms with van der Waals surface area (Å²) in [6.07, 6.45) is 1.71. The monoisotopic (exact) mass is 164 g/mol. The molecule has 0 saturated heterocycles. The van der Waals surface area contributed by atoms with E-state index < -0.39 is 6.04 Å². The second-order valence-corrected chi connectivity index (χ2v) is 3.12. The predicted molar refractivity (Wildman–Crippen MR) is 44.8 cm³/mol. The first kappa shape index (κ1) is 9.33. The molecule has 0 spiro atoms. The topological polar surface area (TPSA) is 43.1 Å². The molecule has 0 amide bonds. The third-order valence-corrected chi connectivity index (χ3v) is 2.30. The van der Waals surface area contributed by atoms with Crippen LogP contribution in [0.1, 0.15) is 0 Å². The van der Waals surface area contributed by atoms with Crippen LogP contribution in [0.5, 0.6) is 0 Å². The molecule has 0 rings (SSSR count). The lowest BCUT2D eigenvalue weighted by molar-refractivity contribution is 0.546. The third kappa shape index (κ3) is 6.21. The fraction of sp³-hybridized carbons (Fsp3) is 0.800. The second kappa shape index (κ2) is 6.45. The molecule has 0 heterocycles. The first-order valence-corrected chi connectivity index (χ1v) is 4.42. The highest BCUT2D eigenvalue weighted by Gasteiger charge is 1.98. The summed E-state index contributed by atoms with van der Waals surface area (Å²) < 4.78 is 0. The molecule has 0 fully saturated rings. The van der Waals surface area contributed by atoms with Gasteiger partial charge in [0.25, 0.3) is 0 Å². The van der Waals surface area contributed by atoms with Gasteiger partial charge in [-0.3, -0.25) is 4.79 Å². The van der Waals surface area contributed by atoms with Crippen molar-refractivity contribution in [2.75, 3.05) is 17.3 Å². The molecule has 0 saturated carbocycles. The Kier molecular flexibility index (Phi) is 6.69. The molecule has 0 aromatic carbocycles. The Bertz CT molecular complexity index is 79.4. The van der Waals surface area contributed by atoms with Gasteiger partial charge < -0.3 is 5.73 Å². The van der Waals surface area contributed by atoms with Crippen molar-refractivity contribution in [1.82, 2.24) is 0 Å². The van der Waals surface area contributed by atoms with Gasteiger partial charge in [0.15, 0.2) is 0 Å². The Hall–Kier alpha value is 0.330. The number of hydrogen-bond donors (Lipinski definition) is 2. The Morgan fingerprint density at radius 1 is 1.78 bits per heavy atom. The molecule has 1 radical (unpaired) electrons. The molecular formula is C5H10NOS2. The molecule has 0 aliphatic rings. The summed E-state index contributed by atoms with van der Waals surface area (Å²) in [6.45, 7) is 0. The zero-order valence-corrected chi connectivity index (χ0v) is 6.75. The normalized spacial score (nSPS) is 13.1. The molecule has 0 bridgehead atoms. The lowest BCUT2D eigenvalue weighted by Gasteiger charge is -1.99. The van der Waals surface area contributed by atoms with Crippen LogP contribution in [0.4, 0.5) is 0 Å². The molecule has 4 heteroatoms. The van der Waals surface area contributed by atoms with Crippen LogP contribution >= 0.6 is 24.4 Å². The standard InChI is InChI=1S/C5H10NOS2/c6-5(3-7)4-9-2-1-8/h5,8H,1-2,4,6H2/t5-/m1/s1. The van der Waals surface area contributed by atoms with E-state index >= 15 is 0 Å². The highest BCUT2D eigenvalue weighted by molar-refractivity contribution is 8.00. The van der Waals surface area contributed by atoms with Crippen LogP contribution in [0.15, 0.2) is 0 Å². The summed E-state index contributed by atoms with van der Waals surface area (Å²) in [4.78, 5) is 9.82. The predicted octanol–water partition coefficient (Wildman–Crippen LogP) is 0.0864. The van der Waals surface area contributed by atoms with Gasteiger partial charge >= 0.3 is 0 Å². The smallest absolute Gasteiger partial charge is 0.217 e. The minimum absolute atomic E-state index is 0.421. The van der Waals surface area contributed by atoms with Gasteiger partial charge in [0, 0.05) is 11.5 Å². The maximum absolute atomic E-state index is 9.82. The lowest BCUT2D eigenvalue weighted by Crippen LogP contribution is -2.24. The van der Waals surface area contributed by atoms with Crippen molar-refractivity contribution in [3.63, 3.8) is 0 Å². The molecule has 2 N–H and O–H groups in total. The van der Waals surface area contributed by atoms with E-state index in [0.29, 0.717) is 5.75 Å². The van der Waals surface area contributed by atoms with Crippen molar-refractivity contribution in [2.45, 2.75) is 6.04 Å². The summed E-state index contributed by atoms with van der Waals surface area (Å²) in [6, 6.07) is -0.421. The maximum Gasteiger partial charge on any atom is 0.217 e. The number of thiol groups is 1. The van der Waals surface area contributed by atoms with Gasteiger partial charge in [0.05, 0.1) is 6.04 Å². The first-order valence-electron chi connectivity index (χ1n) is 2.63. The van der Waals surface area contributed by atoms with Crippen LogP contribution in [0.25, 0.3) is 0 Å². The maximum atomic E-state index is 9.82. The summed E-state index contributed by atoms with van der Waals surface area (Å²) >= 11 is 5.61. The highest BCUT2D eigenvalue weighted by Crippen LogP contribution is 2.00. The Labute approximate surface area is 65.0 Å². The van der Waals surface area contributed by atoms with E-state index in [1.165, 1.54) is 0 Å². The van der Waals surface area contributed by atoms with Crippen LogP contribution in [0.2, 0.25) is 0 Å². The molecule has 53 valence electrons. The summed E-state index contributed by atoms with van der Waals surface area (Å²) in [7, 11) is 0. The van der Waals surface area contributed by atoms with Crippen molar-refractivity contribution in [3.8, 4) is 0 Å². The van der Waals surface area contributed by atoms with E-state index in [1.807, 2.05) is 0 Å². The zero-order chi connectivity index (χ0) is 7.11. The molecule has 0 aromatic heterocycles. The van der Waals surface area contributed by atoms with Crippen LogP contribution in [-0.2, 0) is 4.79 Å². The van der Waals surface area contributed by atoms with Crippen molar-refractivity contribution >= 4 is 30.7 Å². The zero-order valence-electron chi connectivity index (χ0n) is 5.04. The Morgan fingerprint density at radius 3 is 2.89 bits per heavy atom. The van der Waals surface area contributed by atoms with Gasteiger partial charge in [-0.1, -0.05) is 0 Å². The van der Waals surface area contributed by atoms with E-state index in [1.54, 1.807) is 18.0 Å². The largest absolute Gasteiger partial charge is 0.320 e. The van der Waals surface area contributed by atoms with E-state index in [2.05, 4.69) is 12.6 Å². The molecule has 1 atom stereocenters. The van der Waals surface area contributed by atoms with Crippen LogP contribution in [0, 0.1) is 0 Å². The third-order valence-electron chi connectivity index (χ3n) is 0.684. The van der Waals surface area contributed by atoms with Crippen molar-refractivity contribution < 1.29 is 4.79 Å². The van der Waals surface area contributed by atoms with Crippen LogP contribution in [-0.4, -0.2) is 29.6 Å².